The Morgan fingerprint density at radius 1 is 1.24 bits per heavy atom. The number of carbonyl (C=O) groups excluding carboxylic acids is 1. The summed E-state index contributed by atoms with van der Waals surface area (Å²) in [6, 6.07) is 9.70. The zero-order valence-electron chi connectivity index (χ0n) is 14.2. The van der Waals surface area contributed by atoms with E-state index in [1.54, 1.807) is 4.90 Å². The van der Waals surface area contributed by atoms with Crippen LogP contribution in [0.1, 0.15) is 37.4 Å². The van der Waals surface area contributed by atoms with E-state index in [0.717, 1.165) is 12.0 Å². The Bertz CT molecular complexity index is 640. The van der Waals surface area contributed by atoms with E-state index in [9.17, 15) is 13.6 Å². The number of rotatable bonds is 3. The predicted octanol–water partition coefficient (Wildman–Crippen LogP) is 3.60. The lowest BCUT2D eigenvalue weighted by molar-refractivity contribution is 0.0447. The van der Waals surface area contributed by atoms with E-state index in [1.807, 2.05) is 30.3 Å². The van der Waals surface area contributed by atoms with Crippen LogP contribution in [0, 0.1) is 11.3 Å². The van der Waals surface area contributed by atoms with Crippen molar-refractivity contribution in [2.24, 2.45) is 11.3 Å². The first kappa shape index (κ1) is 16.8. The van der Waals surface area contributed by atoms with Crippen LogP contribution < -0.4 is 5.32 Å². The summed E-state index contributed by atoms with van der Waals surface area (Å²) in [5, 5.41) is 2.77. The lowest BCUT2D eigenvalue weighted by Gasteiger charge is -2.22. The molecule has 4 nitrogen and oxygen atoms in total. The summed E-state index contributed by atoms with van der Waals surface area (Å²) in [5.74, 6) is -3.13. The maximum Gasteiger partial charge on any atom is 0.317 e. The van der Waals surface area contributed by atoms with Gasteiger partial charge in [0.15, 0.2) is 0 Å². The van der Waals surface area contributed by atoms with Gasteiger partial charge in [0.2, 0.25) is 0 Å². The fourth-order valence-electron chi connectivity index (χ4n) is 4.59. The van der Waals surface area contributed by atoms with E-state index in [1.165, 1.54) is 0 Å². The molecule has 136 valence electrons. The van der Waals surface area contributed by atoms with Gasteiger partial charge in [-0.15, -0.1) is 0 Å². The quantitative estimate of drug-likeness (QED) is 0.905. The highest BCUT2D eigenvalue weighted by Gasteiger charge is 2.81. The topological polar surface area (TPSA) is 41.6 Å². The first-order chi connectivity index (χ1) is 12.0. The number of benzene rings is 1. The van der Waals surface area contributed by atoms with Gasteiger partial charge in [-0.25, -0.2) is 13.6 Å². The van der Waals surface area contributed by atoms with Crippen LogP contribution in [0.2, 0.25) is 0 Å². The lowest BCUT2D eigenvalue weighted by Crippen LogP contribution is -2.44. The standard InChI is InChI=1S/C19H24F2N2O2/c20-19(21)16-7-4-9-18(16,19)13-22-17(24)23-10-8-15(25-12-11-23)14-5-2-1-3-6-14/h1-3,5-6,15-16H,4,7-13H2,(H,22,24). The maximum atomic E-state index is 13.9. The van der Waals surface area contributed by atoms with Crippen LogP contribution in [0.15, 0.2) is 30.3 Å². The van der Waals surface area contributed by atoms with Crippen molar-refractivity contribution in [1.82, 2.24) is 10.2 Å². The molecule has 1 aromatic carbocycles. The van der Waals surface area contributed by atoms with Crippen LogP contribution in [0.5, 0.6) is 0 Å². The van der Waals surface area contributed by atoms with Gasteiger partial charge in [0.25, 0.3) is 5.92 Å². The third kappa shape index (κ3) is 2.80. The summed E-state index contributed by atoms with van der Waals surface area (Å²) in [6.45, 7) is 1.60. The molecule has 2 saturated carbocycles. The summed E-state index contributed by atoms with van der Waals surface area (Å²) in [5.41, 5.74) is 0.132. The first-order valence-corrected chi connectivity index (χ1v) is 9.12. The van der Waals surface area contributed by atoms with E-state index in [0.29, 0.717) is 39.0 Å². The molecule has 0 radical (unpaired) electrons. The van der Waals surface area contributed by atoms with Crippen molar-refractivity contribution in [3.8, 4) is 0 Å². The van der Waals surface area contributed by atoms with Crippen LogP contribution in [-0.2, 0) is 4.74 Å². The Morgan fingerprint density at radius 3 is 2.76 bits per heavy atom. The van der Waals surface area contributed by atoms with Gasteiger partial charge in [-0.2, -0.15) is 0 Å². The third-order valence-corrected chi connectivity index (χ3v) is 6.16. The summed E-state index contributed by atoms with van der Waals surface area (Å²) < 4.78 is 33.7. The van der Waals surface area contributed by atoms with Crippen molar-refractivity contribution in [3.05, 3.63) is 35.9 Å². The minimum atomic E-state index is -2.60. The second-order valence-electron chi connectivity index (χ2n) is 7.43. The molecule has 6 heteroatoms. The average Bonchev–Trinajstić information content (AvgIpc) is 2.88. The van der Waals surface area contributed by atoms with Crippen LogP contribution in [0.3, 0.4) is 0 Å². The number of nitrogens with one attached hydrogen (secondary N) is 1. The highest BCUT2D eigenvalue weighted by molar-refractivity contribution is 5.74. The molecule has 25 heavy (non-hydrogen) atoms. The van der Waals surface area contributed by atoms with Gasteiger partial charge in [-0.05, 0) is 24.8 Å². The molecule has 4 rings (SSSR count). The van der Waals surface area contributed by atoms with Gasteiger partial charge in [0, 0.05) is 25.6 Å². The highest BCUT2D eigenvalue weighted by atomic mass is 19.3. The fraction of sp³-hybridized carbons (Fsp3) is 0.632. The Morgan fingerprint density at radius 2 is 2.04 bits per heavy atom. The third-order valence-electron chi connectivity index (χ3n) is 6.16. The maximum absolute atomic E-state index is 13.9. The van der Waals surface area contributed by atoms with E-state index >= 15 is 0 Å². The van der Waals surface area contributed by atoms with Gasteiger partial charge in [-0.3, -0.25) is 0 Å². The van der Waals surface area contributed by atoms with Crippen molar-refractivity contribution < 1.29 is 18.3 Å². The zero-order valence-corrected chi connectivity index (χ0v) is 14.2. The molecule has 1 aromatic rings. The molecule has 0 spiro atoms. The number of halogens is 2. The number of alkyl halides is 2. The first-order valence-electron chi connectivity index (χ1n) is 9.12. The van der Waals surface area contributed by atoms with Gasteiger partial charge in [-0.1, -0.05) is 36.8 Å². The number of amides is 2. The van der Waals surface area contributed by atoms with Crippen LogP contribution >= 0.6 is 0 Å². The predicted molar refractivity (Wildman–Crippen MR) is 89.4 cm³/mol. The molecule has 0 aromatic heterocycles. The number of urea groups is 1. The highest BCUT2D eigenvalue weighted by Crippen LogP contribution is 2.73. The molecule has 2 aliphatic carbocycles. The lowest BCUT2D eigenvalue weighted by atomic mass is 10.0. The number of nitrogens with zero attached hydrogens (tertiary/aromatic N) is 1. The number of hydrogen-bond donors (Lipinski definition) is 1. The normalized spacial score (nSPS) is 33.4. The smallest absolute Gasteiger partial charge is 0.317 e. The van der Waals surface area contributed by atoms with E-state index in [2.05, 4.69) is 5.32 Å². The molecular weight excluding hydrogens is 326 g/mol. The summed E-state index contributed by atoms with van der Waals surface area (Å²) in [6.07, 6.45) is 2.63. The molecule has 1 saturated heterocycles. The molecule has 1 heterocycles. The average molecular weight is 350 g/mol. The van der Waals surface area contributed by atoms with E-state index in [-0.39, 0.29) is 18.7 Å². The summed E-state index contributed by atoms with van der Waals surface area (Å²) in [7, 11) is 0. The molecule has 3 atom stereocenters. The minimum Gasteiger partial charge on any atom is -0.372 e. The van der Waals surface area contributed by atoms with Gasteiger partial charge in [0.05, 0.1) is 18.1 Å². The van der Waals surface area contributed by atoms with Crippen LogP contribution in [0.25, 0.3) is 0 Å². The Hall–Kier alpha value is -1.69. The molecule has 2 amide bonds. The number of carbonyl (C=O) groups is 1. The van der Waals surface area contributed by atoms with Crippen molar-refractivity contribution in [3.63, 3.8) is 0 Å². The van der Waals surface area contributed by atoms with Crippen molar-refractivity contribution >= 4 is 6.03 Å². The number of hydrogen-bond acceptors (Lipinski definition) is 2. The van der Waals surface area contributed by atoms with Crippen molar-refractivity contribution in [2.75, 3.05) is 26.2 Å². The van der Waals surface area contributed by atoms with E-state index < -0.39 is 17.3 Å². The molecular formula is C19H24F2N2O2. The monoisotopic (exact) mass is 350 g/mol. The summed E-state index contributed by atoms with van der Waals surface area (Å²) >= 11 is 0. The van der Waals surface area contributed by atoms with E-state index in [4.69, 9.17) is 4.74 Å². The van der Waals surface area contributed by atoms with Crippen LogP contribution in [-0.4, -0.2) is 43.1 Å². The molecule has 3 fully saturated rings. The van der Waals surface area contributed by atoms with Crippen molar-refractivity contribution in [2.45, 2.75) is 37.7 Å². The Kier molecular flexibility index (Phi) is 4.18. The second-order valence-corrected chi connectivity index (χ2v) is 7.43. The molecule has 1 N–H and O–H groups in total. The van der Waals surface area contributed by atoms with Gasteiger partial charge in [0.1, 0.15) is 0 Å². The number of ether oxygens (including phenoxy) is 1. The largest absolute Gasteiger partial charge is 0.372 e. The SMILES string of the molecule is O=C(NCC12CCCC1C2(F)F)N1CCOC(c2ccccc2)CC1. The summed E-state index contributed by atoms with van der Waals surface area (Å²) in [4.78, 5) is 14.1. The number of fused-ring (bicyclic) bond motifs is 1. The van der Waals surface area contributed by atoms with Crippen LogP contribution in [0.4, 0.5) is 13.6 Å². The Labute approximate surface area is 146 Å². The van der Waals surface area contributed by atoms with Gasteiger partial charge < -0.3 is 15.0 Å². The zero-order chi connectivity index (χ0) is 17.5. The van der Waals surface area contributed by atoms with Gasteiger partial charge >= 0.3 is 6.03 Å². The fourth-order valence-corrected chi connectivity index (χ4v) is 4.59. The molecule has 1 aliphatic heterocycles. The molecule has 3 aliphatic rings. The van der Waals surface area contributed by atoms with Crippen molar-refractivity contribution in [1.29, 1.82) is 0 Å². The molecule has 3 unspecified atom stereocenters. The minimum absolute atomic E-state index is 0.0235. The molecule has 0 bridgehead atoms. The second kappa shape index (κ2) is 6.24. The Balaban J connectivity index is 1.31.